The van der Waals surface area contributed by atoms with E-state index >= 15 is 0 Å². The Morgan fingerprint density at radius 2 is 1.84 bits per heavy atom. The normalized spacial score (nSPS) is 47.8. The molecule has 0 aromatic heterocycles. The molecule has 4 fully saturated rings. The third-order valence-electron chi connectivity index (χ3n) is 12.4. The maximum Gasteiger partial charge on any atom is 0.333 e. The van der Waals surface area contributed by atoms with Crippen molar-refractivity contribution in [3.63, 3.8) is 0 Å². The first-order chi connectivity index (χ1) is 20.7. The van der Waals surface area contributed by atoms with Crippen LogP contribution in [0.25, 0.3) is 0 Å². The van der Waals surface area contributed by atoms with Crippen molar-refractivity contribution in [2.24, 2.45) is 39.9 Å². The van der Waals surface area contributed by atoms with Crippen LogP contribution in [0.1, 0.15) is 67.7 Å². The van der Waals surface area contributed by atoms with Crippen molar-refractivity contribution in [2.45, 2.75) is 105 Å². The SMILES string of the molecule is CC=C(C)C(=O)OC1C2OCC3(C)C(OC(C)=O)CC(O)C(C)(C23)C2CC(OC)OC3CC(C4C=COC4=O)C(C)=C3C12C. The van der Waals surface area contributed by atoms with Gasteiger partial charge in [0, 0.05) is 54.6 Å². The van der Waals surface area contributed by atoms with Gasteiger partial charge < -0.3 is 33.5 Å². The van der Waals surface area contributed by atoms with Gasteiger partial charge >= 0.3 is 17.9 Å². The number of aliphatic hydroxyl groups excluding tert-OH is 1. The molecule has 0 aromatic rings. The van der Waals surface area contributed by atoms with Crippen LogP contribution in [0.2, 0.25) is 0 Å². The highest BCUT2D eigenvalue weighted by molar-refractivity contribution is 5.88. The number of carbonyl (C=O) groups is 3. The molecule has 13 unspecified atom stereocenters. The minimum absolute atomic E-state index is 0.173. The molecule has 10 heteroatoms. The highest BCUT2D eigenvalue weighted by Crippen LogP contribution is 2.72. The monoisotopic (exact) mass is 614 g/mol. The van der Waals surface area contributed by atoms with Crippen LogP contribution in [0.15, 0.2) is 35.1 Å². The summed E-state index contributed by atoms with van der Waals surface area (Å²) in [5, 5.41) is 12.2. The number of hydrogen-bond acceptors (Lipinski definition) is 10. The predicted octanol–water partition coefficient (Wildman–Crippen LogP) is 4.01. The molecular formula is C34H46O10. The van der Waals surface area contributed by atoms with Gasteiger partial charge in [-0.2, -0.15) is 0 Å². The van der Waals surface area contributed by atoms with Crippen LogP contribution in [-0.4, -0.2) is 73.5 Å². The zero-order chi connectivity index (χ0) is 31.9. The van der Waals surface area contributed by atoms with Crippen LogP contribution in [0.4, 0.5) is 0 Å². The summed E-state index contributed by atoms with van der Waals surface area (Å²) in [4.78, 5) is 38.6. The van der Waals surface area contributed by atoms with Gasteiger partial charge in [-0.3, -0.25) is 9.59 Å². The Labute approximate surface area is 259 Å². The number of cyclic esters (lactones) is 1. The van der Waals surface area contributed by atoms with Crippen molar-refractivity contribution in [2.75, 3.05) is 13.7 Å². The Bertz CT molecular complexity index is 1330. The van der Waals surface area contributed by atoms with E-state index in [0.717, 1.165) is 11.1 Å². The van der Waals surface area contributed by atoms with Crippen molar-refractivity contribution in [3.8, 4) is 0 Å². The number of fused-ring (bicyclic) bond motifs is 4. The average Bonchev–Trinajstić information content (AvgIpc) is 3.63. The summed E-state index contributed by atoms with van der Waals surface area (Å²) >= 11 is 0. The molecular weight excluding hydrogens is 568 g/mol. The summed E-state index contributed by atoms with van der Waals surface area (Å²) in [5.41, 5.74) is 0.201. The summed E-state index contributed by atoms with van der Waals surface area (Å²) < 4.78 is 36.9. The third kappa shape index (κ3) is 4.23. The summed E-state index contributed by atoms with van der Waals surface area (Å²) in [6.45, 7) is 13.5. The fourth-order valence-electron chi connectivity index (χ4n) is 10.3. The molecule has 0 bridgehead atoms. The molecule has 6 rings (SSSR count). The van der Waals surface area contributed by atoms with Crippen molar-refractivity contribution >= 4 is 17.9 Å². The number of esters is 3. The number of aliphatic hydroxyl groups is 1. The van der Waals surface area contributed by atoms with Gasteiger partial charge in [0.2, 0.25) is 0 Å². The van der Waals surface area contributed by atoms with Gasteiger partial charge in [-0.25, -0.2) is 4.79 Å². The van der Waals surface area contributed by atoms with Crippen LogP contribution in [0.3, 0.4) is 0 Å². The Morgan fingerprint density at radius 3 is 2.45 bits per heavy atom. The smallest absolute Gasteiger partial charge is 0.333 e. The van der Waals surface area contributed by atoms with Gasteiger partial charge in [0.05, 0.1) is 37.1 Å². The molecule has 0 amide bonds. The number of ether oxygens (including phenoxy) is 6. The molecule has 2 saturated carbocycles. The van der Waals surface area contributed by atoms with E-state index in [1.165, 1.54) is 13.2 Å². The second-order valence-corrected chi connectivity index (χ2v) is 14.4. The van der Waals surface area contributed by atoms with E-state index in [4.69, 9.17) is 28.4 Å². The van der Waals surface area contributed by atoms with Gasteiger partial charge in [-0.1, -0.05) is 32.4 Å². The van der Waals surface area contributed by atoms with Crippen molar-refractivity contribution in [3.05, 3.63) is 35.1 Å². The van der Waals surface area contributed by atoms with E-state index in [0.29, 0.717) is 18.4 Å². The predicted molar refractivity (Wildman–Crippen MR) is 156 cm³/mol. The van der Waals surface area contributed by atoms with Gasteiger partial charge in [0.1, 0.15) is 12.2 Å². The standard InChI is InChI=1S/C34H46O10/c1-9-16(2)30(37)44-29-27-28-32(5,15-41-27)24(42-18(4)35)14-23(36)33(28,6)22-13-25(39-8)43-21-12-20(19-10-11-40-31(19)38)17(3)26(21)34(22,29)7/h9-11,19-25,27-29,36H,12-15H2,1-8H3. The molecule has 0 aromatic carbocycles. The number of methoxy groups -OCH3 is 1. The lowest BCUT2D eigenvalue weighted by atomic mass is 9.39. The Morgan fingerprint density at radius 1 is 1.11 bits per heavy atom. The molecule has 2 saturated heterocycles. The van der Waals surface area contributed by atoms with E-state index in [1.807, 2.05) is 6.92 Å². The maximum absolute atomic E-state index is 13.6. The quantitative estimate of drug-likeness (QED) is 0.210. The van der Waals surface area contributed by atoms with E-state index < -0.39 is 70.9 Å². The van der Waals surface area contributed by atoms with Crippen molar-refractivity contribution < 1.29 is 47.9 Å². The largest absolute Gasteiger partial charge is 0.462 e. The third-order valence-corrected chi connectivity index (χ3v) is 12.4. The number of rotatable bonds is 5. The Hall–Kier alpha value is -2.53. The minimum Gasteiger partial charge on any atom is -0.462 e. The number of carbonyl (C=O) groups excluding carboxylic acids is 3. The summed E-state index contributed by atoms with van der Waals surface area (Å²) in [6.07, 6.45) is 2.43. The highest BCUT2D eigenvalue weighted by Gasteiger charge is 2.77. The molecule has 0 radical (unpaired) electrons. The second-order valence-electron chi connectivity index (χ2n) is 14.4. The molecule has 6 aliphatic rings. The average molecular weight is 615 g/mol. The lowest BCUT2D eigenvalue weighted by Gasteiger charge is -2.66. The van der Waals surface area contributed by atoms with Crippen LogP contribution in [0.5, 0.6) is 0 Å². The molecule has 10 nitrogen and oxygen atoms in total. The van der Waals surface area contributed by atoms with E-state index in [2.05, 4.69) is 20.8 Å². The molecule has 0 spiro atoms. The van der Waals surface area contributed by atoms with Crippen LogP contribution >= 0.6 is 0 Å². The van der Waals surface area contributed by atoms with Gasteiger partial charge in [0.25, 0.3) is 0 Å². The number of hydrogen-bond donors (Lipinski definition) is 1. The first-order valence-electron chi connectivity index (χ1n) is 15.8. The lowest BCUT2D eigenvalue weighted by Crippen LogP contribution is -2.72. The first kappa shape index (κ1) is 31.5. The summed E-state index contributed by atoms with van der Waals surface area (Å²) in [5.74, 6) is -2.38. The van der Waals surface area contributed by atoms with Gasteiger partial charge in [0.15, 0.2) is 6.29 Å². The number of allylic oxidation sites excluding steroid dienone is 2. The van der Waals surface area contributed by atoms with Crippen LogP contribution in [-0.2, 0) is 42.8 Å². The van der Waals surface area contributed by atoms with Crippen LogP contribution in [0, 0.1) is 39.9 Å². The molecule has 3 aliphatic heterocycles. The van der Waals surface area contributed by atoms with Crippen LogP contribution < -0.4 is 0 Å². The Kier molecular flexibility index (Phi) is 7.71. The van der Waals surface area contributed by atoms with Gasteiger partial charge in [-0.15, -0.1) is 0 Å². The fraction of sp³-hybridized carbons (Fsp3) is 0.735. The molecule has 44 heavy (non-hydrogen) atoms. The van der Waals surface area contributed by atoms with E-state index in [-0.39, 0.29) is 36.8 Å². The Balaban J connectivity index is 1.58. The summed E-state index contributed by atoms with van der Waals surface area (Å²) in [6, 6.07) is 0. The fourth-order valence-corrected chi connectivity index (χ4v) is 10.3. The zero-order valence-electron chi connectivity index (χ0n) is 27.0. The first-order valence-corrected chi connectivity index (χ1v) is 15.8. The minimum atomic E-state index is -0.858. The molecule has 3 aliphatic carbocycles. The zero-order valence-corrected chi connectivity index (χ0v) is 27.0. The van der Waals surface area contributed by atoms with E-state index in [1.54, 1.807) is 33.1 Å². The molecule has 13 atom stereocenters. The molecule has 3 heterocycles. The van der Waals surface area contributed by atoms with Gasteiger partial charge in [-0.05, 0) is 50.7 Å². The summed E-state index contributed by atoms with van der Waals surface area (Å²) in [7, 11) is 1.62. The highest BCUT2D eigenvalue weighted by atomic mass is 16.7. The topological polar surface area (TPSA) is 127 Å². The second kappa shape index (κ2) is 10.8. The van der Waals surface area contributed by atoms with Crippen molar-refractivity contribution in [1.29, 1.82) is 0 Å². The maximum atomic E-state index is 13.6. The lowest BCUT2D eigenvalue weighted by molar-refractivity contribution is -0.259. The molecule has 1 N–H and O–H groups in total. The molecule has 242 valence electrons. The van der Waals surface area contributed by atoms with Crippen molar-refractivity contribution in [1.82, 2.24) is 0 Å². The van der Waals surface area contributed by atoms with E-state index in [9.17, 15) is 19.5 Å².